The van der Waals surface area contributed by atoms with Crippen LogP contribution in [0.5, 0.6) is 5.75 Å². The Bertz CT molecular complexity index is 617. The molecule has 0 radical (unpaired) electrons. The van der Waals surface area contributed by atoms with Gasteiger partial charge in [-0.3, -0.25) is 4.79 Å². The average molecular weight is 321 g/mol. The summed E-state index contributed by atoms with van der Waals surface area (Å²) in [5, 5.41) is 12.5. The van der Waals surface area contributed by atoms with Gasteiger partial charge in [-0.2, -0.15) is 8.78 Å². The van der Waals surface area contributed by atoms with E-state index >= 15 is 0 Å². The summed E-state index contributed by atoms with van der Waals surface area (Å²) in [7, 11) is 0. The SMILES string of the molecule is O=C(NCC(O)Cc1ccccc1)c1ccc(OC(F)F)cc1. The molecule has 0 saturated carbocycles. The Hall–Kier alpha value is -2.47. The van der Waals surface area contributed by atoms with Crippen molar-refractivity contribution in [3.05, 3.63) is 65.7 Å². The Morgan fingerprint density at radius 3 is 2.35 bits per heavy atom. The number of hydrogen-bond acceptors (Lipinski definition) is 3. The van der Waals surface area contributed by atoms with Crippen molar-refractivity contribution >= 4 is 5.91 Å². The van der Waals surface area contributed by atoms with Crippen LogP contribution in [0.1, 0.15) is 15.9 Å². The van der Waals surface area contributed by atoms with E-state index in [1.807, 2.05) is 30.3 Å². The number of aliphatic hydroxyl groups excluding tert-OH is 1. The lowest BCUT2D eigenvalue weighted by molar-refractivity contribution is -0.0498. The number of benzene rings is 2. The fourth-order valence-corrected chi connectivity index (χ4v) is 2.06. The van der Waals surface area contributed by atoms with Gasteiger partial charge in [0, 0.05) is 18.5 Å². The van der Waals surface area contributed by atoms with Crippen molar-refractivity contribution in [1.29, 1.82) is 0 Å². The van der Waals surface area contributed by atoms with Crippen molar-refractivity contribution < 1.29 is 23.4 Å². The zero-order valence-electron chi connectivity index (χ0n) is 12.3. The normalized spacial score (nSPS) is 12.0. The summed E-state index contributed by atoms with van der Waals surface area (Å²) in [4.78, 5) is 11.9. The van der Waals surface area contributed by atoms with Crippen molar-refractivity contribution in [2.75, 3.05) is 6.54 Å². The molecule has 1 atom stereocenters. The fraction of sp³-hybridized carbons (Fsp3) is 0.235. The highest BCUT2D eigenvalue weighted by Gasteiger charge is 2.10. The second-order valence-electron chi connectivity index (χ2n) is 4.96. The minimum atomic E-state index is -2.90. The Kier molecular flexibility index (Phi) is 6.05. The highest BCUT2D eigenvalue weighted by atomic mass is 19.3. The first kappa shape index (κ1) is 16.9. The summed E-state index contributed by atoms with van der Waals surface area (Å²) < 4.78 is 28.3. The molecule has 0 aliphatic heterocycles. The number of rotatable bonds is 7. The number of ether oxygens (including phenoxy) is 1. The molecule has 2 aromatic carbocycles. The van der Waals surface area contributed by atoms with Crippen molar-refractivity contribution in [3.8, 4) is 5.75 Å². The third-order valence-corrected chi connectivity index (χ3v) is 3.15. The summed E-state index contributed by atoms with van der Waals surface area (Å²) in [6, 6.07) is 14.8. The summed E-state index contributed by atoms with van der Waals surface area (Å²) in [6.45, 7) is -2.80. The lowest BCUT2D eigenvalue weighted by Gasteiger charge is -2.12. The van der Waals surface area contributed by atoms with E-state index in [1.165, 1.54) is 24.3 Å². The lowest BCUT2D eigenvalue weighted by atomic mass is 10.1. The van der Waals surface area contributed by atoms with Crippen LogP contribution in [0.3, 0.4) is 0 Å². The molecule has 0 aliphatic carbocycles. The van der Waals surface area contributed by atoms with Crippen LogP contribution in [-0.4, -0.2) is 30.3 Å². The monoisotopic (exact) mass is 321 g/mol. The van der Waals surface area contributed by atoms with Gasteiger partial charge in [0.05, 0.1) is 6.10 Å². The second-order valence-corrected chi connectivity index (χ2v) is 4.96. The van der Waals surface area contributed by atoms with Crippen LogP contribution in [0.25, 0.3) is 0 Å². The first-order valence-electron chi connectivity index (χ1n) is 7.09. The molecule has 0 spiro atoms. The lowest BCUT2D eigenvalue weighted by Crippen LogP contribution is -2.33. The molecule has 0 heterocycles. The molecule has 0 aromatic heterocycles. The first-order valence-corrected chi connectivity index (χ1v) is 7.09. The van der Waals surface area contributed by atoms with Crippen molar-refractivity contribution in [2.45, 2.75) is 19.1 Å². The van der Waals surface area contributed by atoms with Crippen LogP contribution in [0.2, 0.25) is 0 Å². The molecule has 4 nitrogen and oxygen atoms in total. The molecule has 2 N–H and O–H groups in total. The number of hydrogen-bond donors (Lipinski definition) is 2. The smallest absolute Gasteiger partial charge is 0.387 e. The first-order chi connectivity index (χ1) is 11.0. The predicted octanol–water partition coefficient (Wildman–Crippen LogP) is 2.62. The van der Waals surface area contributed by atoms with Gasteiger partial charge in [0.2, 0.25) is 0 Å². The minimum absolute atomic E-state index is 0.0133. The molecule has 23 heavy (non-hydrogen) atoms. The van der Waals surface area contributed by atoms with Crippen molar-refractivity contribution in [2.24, 2.45) is 0 Å². The van der Waals surface area contributed by atoms with Crippen LogP contribution >= 0.6 is 0 Å². The van der Waals surface area contributed by atoms with Crippen LogP contribution in [0, 0.1) is 0 Å². The van der Waals surface area contributed by atoms with E-state index in [0.717, 1.165) is 5.56 Å². The maximum absolute atomic E-state index is 12.0. The van der Waals surface area contributed by atoms with Crippen molar-refractivity contribution in [1.82, 2.24) is 5.32 Å². The Labute approximate surface area is 132 Å². The summed E-state index contributed by atoms with van der Waals surface area (Å²) in [5.74, 6) is -0.402. The summed E-state index contributed by atoms with van der Waals surface area (Å²) >= 11 is 0. The third kappa shape index (κ3) is 5.67. The second kappa shape index (κ2) is 8.24. The number of amides is 1. The van der Waals surface area contributed by atoms with E-state index in [4.69, 9.17) is 0 Å². The van der Waals surface area contributed by atoms with E-state index in [1.54, 1.807) is 0 Å². The molecule has 2 aromatic rings. The van der Waals surface area contributed by atoms with Gasteiger partial charge >= 0.3 is 6.61 Å². The van der Waals surface area contributed by atoms with Crippen LogP contribution < -0.4 is 10.1 Å². The van der Waals surface area contributed by atoms with Gasteiger partial charge in [-0.05, 0) is 29.8 Å². The number of alkyl halides is 2. The van der Waals surface area contributed by atoms with Gasteiger partial charge < -0.3 is 15.2 Å². The molecule has 1 amide bonds. The number of aliphatic hydroxyl groups is 1. The molecule has 0 aliphatic rings. The summed E-state index contributed by atoms with van der Waals surface area (Å²) in [6.07, 6.45) is -0.273. The van der Waals surface area contributed by atoms with Crippen LogP contribution in [0.4, 0.5) is 8.78 Å². The highest BCUT2D eigenvalue weighted by Crippen LogP contribution is 2.14. The number of nitrogens with one attached hydrogen (secondary N) is 1. The average Bonchev–Trinajstić information content (AvgIpc) is 2.54. The quantitative estimate of drug-likeness (QED) is 0.824. The van der Waals surface area contributed by atoms with E-state index in [0.29, 0.717) is 12.0 Å². The van der Waals surface area contributed by atoms with E-state index in [9.17, 15) is 18.7 Å². The van der Waals surface area contributed by atoms with Gasteiger partial charge in [0.1, 0.15) is 5.75 Å². The number of halogens is 2. The Balaban J connectivity index is 1.82. The van der Waals surface area contributed by atoms with Crippen LogP contribution in [-0.2, 0) is 6.42 Å². The number of carbonyl (C=O) groups is 1. The fourth-order valence-electron chi connectivity index (χ4n) is 2.06. The molecule has 0 fully saturated rings. The third-order valence-electron chi connectivity index (χ3n) is 3.15. The van der Waals surface area contributed by atoms with Gasteiger partial charge in [-0.15, -0.1) is 0 Å². The molecule has 6 heteroatoms. The van der Waals surface area contributed by atoms with Gasteiger partial charge in [-0.25, -0.2) is 0 Å². The Morgan fingerprint density at radius 2 is 1.74 bits per heavy atom. The van der Waals surface area contributed by atoms with Crippen LogP contribution in [0.15, 0.2) is 54.6 Å². The summed E-state index contributed by atoms with van der Waals surface area (Å²) in [5.41, 5.74) is 1.28. The zero-order valence-corrected chi connectivity index (χ0v) is 12.3. The molecular weight excluding hydrogens is 304 g/mol. The van der Waals surface area contributed by atoms with Crippen molar-refractivity contribution in [3.63, 3.8) is 0 Å². The maximum atomic E-state index is 12.0. The van der Waals surface area contributed by atoms with Gasteiger partial charge in [0.15, 0.2) is 0 Å². The molecule has 0 saturated heterocycles. The van der Waals surface area contributed by atoms with Gasteiger partial charge in [0.25, 0.3) is 5.91 Å². The number of carbonyl (C=O) groups excluding carboxylic acids is 1. The highest BCUT2D eigenvalue weighted by molar-refractivity contribution is 5.94. The van der Waals surface area contributed by atoms with E-state index < -0.39 is 12.7 Å². The molecule has 0 bridgehead atoms. The minimum Gasteiger partial charge on any atom is -0.435 e. The van der Waals surface area contributed by atoms with Gasteiger partial charge in [-0.1, -0.05) is 30.3 Å². The Morgan fingerprint density at radius 1 is 1.09 bits per heavy atom. The molecule has 1 unspecified atom stereocenters. The topological polar surface area (TPSA) is 58.6 Å². The zero-order chi connectivity index (χ0) is 16.7. The standard InChI is InChI=1S/C17H17F2NO3/c18-17(19)23-15-8-6-13(7-9-15)16(22)20-11-14(21)10-12-4-2-1-3-5-12/h1-9,14,17,21H,10-11H2,(H,20,22). The molecular formula is C17H17F2NO3. The van der Waals surface area contributed by atoms with E-state index in [-0.39, 0.29) is 18.2 Å². The largest absolute Gasteiger partial charge is 0.435 e. The molecule has 122 valence electrons. The van der Waals surface area contributed by atoms with E-state index in [2.05, 4.69) is 10.1 Å². The maximum Gasteiger partial charge on any atom is 0.387 e. The molecule has 2 rings (SSSR count). The predicted molar refractivity (Wildman–Crippen MR) is 81.6 cm³/mol.